The molecule has 0 nitrogen and oxygen atoms in total. The number of alkyl halides is 5. The molecular weight excluding hydrogens is 235 g/mol. The summed E-state index contributed by atoms with van der Waals surface area (Å²) < 4.78 is 32.4. The van der Waals surface area contributed by atoms with E-state index in [9.17, 15) is 13.2 Å². The Morgan fingerprint density at radius 2 is 1.30 bits per heavy atom. The first-order chi connectivity index (χ1) is 4.19. The summed E-state index contributed by atoms with van der Waals surface area (Å²) in [6, 6.07) is 0. The molecule has 0 fully saturated rings. The number of rotatable bonds is 1. The molecular formula is C3Cl4F3. The van der Waals surface area contributed by atoms with Gasteiger partial charge in [0.25, 0.3) is 5.13 Å². The van der Waals surface area contributed by atoms with Gasteiger partial charge in [0, 0.05) is 0 Å². The molecule has 0 N–H and O–H groups in total. The van der Waals surface area contributed by atoms with Crippen molar-refractivity contribution >= 4 is 46.4 Å². The van der Waals surface area contributed by atoms with Crippen molar-refractivity contribution in [1.82, 2.24) is 0 Å². The molecule has 7 heteroatoms. The third-order valence-corrected chi connectivity index (χ3v) is 2.09. The smallest absolute Gasteiger partial charge is 0.214 e. The second-order valence-corrected chi connectivity index (χ2v) is 4.13. The SMILES string of the molecule is F[C](F)C(F)(Cl)C(Cl)(Cl)Cl. The van der Waals surface area contributed by atoms with Gasteiger partial charge in [-0.1, -0.05) is 46.4 Å². The van der Waals surface area contributed by atoms with Crippen LogP contribution in [-0.4, -0.2) is 8.92 Å². The molecule has 0 bridgehead atoms. The van der Waals surface area contributed by atoms with Gasteiger partial charge in [-0.3, -0.25) is 0 Å². The summed E-state index contributed by atoms with van der Waals surface area (Å²) >= 11 is 18.7. The van der Waals surface area contributed by atoms with E-state index in [-0.39, 0.29) is 0 Å². The Morgan fingerprint density at radius 1 is 1.00 bits per heavy atom. The molecule has 1 radical (unpaired) electrons. The average Bonchev–Trinajstić information content (AvgIpc) is 1.62. The van der Waals surface area contributed by atoms with Crippen LogP contribution in [-0.2, 0) is 0 Å². The lowest BCUT2D eigenvalue weighted by Crippen LogP contribution is -2.35. The van der Waals surface area contributed by atoms with Crippen molar-refractivity contribution in [3.05, 3.63) is 6.43 Å². The highest BCUT2D eigenvalue weighted by Gasteiger charge is 2.57. The van der Waals surface area contributed by atoms with Crippen molar-refractivity contribution in [2.24, 2.45) is 0 Å². The van der Waals surface area contributed by atoms with Gasteiger partial charge >= 0.3 is 6.43 Å². The molecule has 0 aliphatic heterocycles. The Balaban J connectivity index is 4.40. The van der Waals surface area contributed by atoms with Crippen LogP contribution in [0.1, 0.15) is 0 Å². The lowest BCUT2D eigenvalue weighted by molar-refractivity contribution is 0.128. The van der Waals surface area contributed by atoms with Gasteiger partial charge in [-0.2, -0.15) is 8.78 Å². The average molecular weight is 235 g/mol. The van der Waals surface area contributed by atoms with Gasteiger partial charge in [0.2, 0.25) is 3.79 Å². The molecule has 1 atom stereocenters. The fourth-order valence-corrected chi connectivity index (χ4v) is 0.321. The van der Waals surface area contributed by atoms with E-state index in [4.69, 9.17) is 34.8 Å². The Bertz CT molecular complexity index is 117. The van der Waals surface area contributed by atoms with E-state index >= 15 is 0 Å². The second kappa shape index (κ2) is 3.13. The molecule has 0 saturated heterocycles. The normalized spacial score (nSPS) is 19.2. The number of hydrogen-bond acceptors (Lipinski definition) is 0. The maximum atomic E-state index is 12.3. The Kier molecular flexibility index (Phi) is 3.43. The van der Waals surface area contributed by atoms with Crippen LogP contribution in [0.4, 0.5) is 13.2 Å². The molecule has 0 heterocycles. The standard InChI is InChI=1S/C3Cl4F3/c4-2(10,1(8)9)3(5,6)7. The third kappa shape index (κ3) is 2.22. The first-order valence-corrected chi connectivity index (χ1v) is 3.33. The zero-order valence-corrected chi connectivity index (χ0v) is 7.17. The molecule has 61 valence electrons. The third-order valence-electron chi connectivity index (χ3n) is 0.593. The summed E-state index contributed by atoms with van der Waals surface area (Å²) in [6.45, 7) is 0. The van der Waals surface area contributed by atoms with Crippen molar-refractivity contribution in [2.45, 2.75) is 8.92 Å². The maximum Gasteiger partial charge on any atom is 0.366 e. The summed E-state index contributed by atoms with van der Waals surface area (Å²) in [5, 5.41) is -3.71. The summed E-state index contributed by atoms with van der Waals surface area (Å²) in [4.78, 5) is 0. The quantitative estimate of drug-likeness (QED) is 0.608. The largest absolute Gasteiger partial charge is 0.366 e. The lowest BCUT2D eigenvalue weighted by atomic mass is 10.4. The molecule has 0 aromatic heterocycles. The maximum absolute atomic E-state index is 12.3. The lowest BCUT2D eigenvalue weighted by Gasteiger charge is -2.22. The van der Waals surface area contributed by atoms with Crippen LogP contribution in [0.5, 0.6) is 0 Å². The number of halogens is 7. The summed E-state index contributed by atoms with van der Waals surface area (Å²) in [5.74, 6) is 0. The fraction of sp³-hybridized carbons (Fsp3) is 0.667. The van der Waals surface area contributed by atoms with Crippen molar-refractivity contribution < 1.29 is 13.2 Å². The zero-order valence-electron chi connectivity index (χ0n) is 4.15. The molecule has 0 aliphatic carbocycles. The van der Waals surface area contributed by atoms with Crippen LogP contribution in [0, 0.1) is 6.43 Å². The number of hydrogen-bond donors (Lipinski definition) is 0. The first kappa shape index (κ1) is 11.0. The Hall–Kier alpha value is 0.950. The monoisotopic (exact) mass is 233 g/mol. The van der Waals surface area contributed by atoms with E-state index in [0.717, 1.165) is 0 Å². The fourth-order valence-electron chi connectivity index (χ4n) is 0.107. The molecule has 10 heavy (non-hydrogen) atoms. The van der Waals surface area contributed by atoms with Crippen LogP contribution in [0.25, 0.3) is 0 Å². The van der Waals surface area contributed by atoms with Gasteiger partial charge in [-0.25, -0.2) is 4.39 Å². The predicted octanol–water partition coefficient (Wildman–Crippen LogP) is 3.69. The summed E-state index contributed by atoms with van der Waals surface area (Å²) in [5.41, 5.74) is 0. The molecule has 0 aliphatic rings. The Labute approximate surface area is 75.2 Å². The first-order valence-electron chi connectivity index (χ1n) is 1.82. The van der Waals surface area contributed by atoms with E-state index < -0.39 is 15.3 Å². The summed E-state index contributed by atoms with van der Waals surface area (Å²) in [7, 11) is 0. The van der Waals surface area contributed by atoms with Crippen molar-refractivity contribution in [3.8, 4) is 0 Å². The van der Waals surface area contributed by atoms with Gasteiger partial charge in [0.15, 0.2) is 0 Å². The predicted molar refractivity (Wildman–Crippen MR) is 35.4 cm³/mol. The minimum Gasteiger partial charge on any atom is -0.214 e. The highest BCUT2D eigenvalue weighted by atomic mass is 35.6. The van der Waals surface area contributed by atoms with Gasteiger partial charge in [0.1, 0.15) is 0 Å². The van der Waals surface area contributed by atoms with Gasteiger partial charge in [-0.15, -0.1) is 0 Å². The molecule has 0 aromatic rings. The molecule has 0 amide bonds. The van der Waals surface area contributed by atoms with Crippen LogP contribution < -0.4 is 0 Å². The van der Waals surface area contributed by atoms with Crippen LogP contribution in [0.2, 0.25) is 0 Å². The van der Waals surface area contributed by atoms with Crippen molar-refractivity contribution in [1.29, 1.82) is 0 Å². The Morgan fingerprint density at radius 3 is 1.30 bits per heavy atom. The van der Waals surface area contributed by atoms with E-state index in [0.29, 0.717) is 0 Å². The highest BCUT2D eigenvalue weighted by molar-refractivity contribution is 6.71. The molecule has 0 aromatic carbocycles. The zero-order chi connectivity index (χ0) is 8.58. The van der Waals surface area contributed by atoms with Crippen LogP contribution >= 0.6 is 46.4 Å². The molecule has 0 rings (SSSR count). The van der Waals surface area contributed by atoms with Crippen LogP contribution in [0.3, 0.4) is 0 Å². The van der Waals surface area contributed by atoms with Crippen molar-refractivity contribution in [2.75, 3.05) is 0 Å². The van der Waals surface area contributed by atoms with Crippen LogP contribution in [0.15, 0.2) is 0 Å². The van der Waals surface area contributed by atoms with E-state index in [1.54, 1.807) is 0 Å². The minimum absolute atomic E-state index is 2.78. The van der Waals surface area contributed by atoms with Gasteiger partial charge in [0.05, 0.1) is 0 Å². The topological polar surface area (TPSA) is 0 Å². The van der Waals surface area contributed by atoms with E-state index in [2.05, 4.69) is 11.6 Å². The van der Waals surface area contributed by atoms with E-state index in [1.165, 1.54) is 0 Å². The van der Waals surface area contributed by atoms with E-state index in [1.807, 2.05) is 0 Å². The second-order valence-electron chi connectivity index (χ2n) is 1.33. The molecule has 1 unspecified atom stereocenters. The molecule has 0 spiro atoms. The van der Waals surface area contributed by atoms with Gasteiger partial charge < -0.3 is 0 Å². The minimum atomic E-state index is -3.71. The molecule has 0 saturated carbocycles. The highest BCUT2D eigenvalue weighted by Crippen LogP contribution is 2.50. The summed E-state index contributed by atoms with van der Waals surface area (Å²) in [6.07, 6.45) is -2.78. The van der Waals surface area contributed by atoms with Gasteiger partial charge in [-0.05, 0) is 0 Å². The van der Waals surface area contributed by atoms with Crippen molar-refractivity contribution in [3.63, 3.8) is 0 Å².